The lowest BCUT2D eigenvalue weighted by Crippen LogP contribution is -2.60. The minimum atomic E-state index is -0.562. The highest BCUT2D eigenvalue weighted by Crippen LogP contribution is 2.30. The third kappa shape index (κ3) is 4.30. The van der Waals surface area contributed by atoms with Gasteiger partial charge in [0.15, 0.2) is 6.73 Å². The van der Waals surface area contributed by atoms with Crippen LogP contribution in [0, 0.1) is 16.7 Å². The fourth-order valence-electron chi connectivity index (χ4n) is 3.32. The smallest absolute Gasteiger partial charge is 0.312 e. The summed E-state index contributed by atoms with van der Waals surface area (Å²) in [5.74, 6) is -0.271. The molecule has 0 radical (unpaired) electrons. The van der Waals surface area contributed by atoms with Gasteiger partial charge in [-0.15, -0.1) is 0 Å². The van der Waals surface area contributed by atoms with Crippen molar-refractivity contribution in [3.8, 4) is 17.3 Å². The van der Waals surface area contributed by atoms with Crippen molar-refractivity contribution < 1.29 is 9.53 Å². The van der Waals surface area contributed by atoms with E-state index in [1.807, 2.05) is 57.8 Å². The predicted molar refractivity (Wildman–Crippen MR) is 117 cm³/mol. The van der Waals surface area contributed by atoms with E-state index >= 15 is 0 Å². The Bertz CT molecular complexity index is 1100. The molecule has 0 atom stereocenters. The van der Waals surface area contributed by atoms with Crippen molar-refractivity contribution in [1.29, 1.82) is 5.26 Å². The van der Waals surface area contributed by atoms with Crippen molar-refractivity contribution in [2.75, 3.05) is 13.1 Å². The maximum absolute atomic E-state index is 12.1. The Morgan fingerprint density at radius 1 is 1.32 bits per heavy atom. The van der Waals surface area contributed by atoms with Gasteiger partial charge in [-0.25, -0.2) is 9.97 Å². The lowest BCUT2D eigenvalue weighted by atomic mass is 9.89. The van der Waals surface area contributed by atoms with Gasteiger partial charge in [-0.1, -0.05) is 13.8 Å². The van der Waals surface area contributed by atoms with E-state index in [0.29, 0.717) is 12.1 Å². The van der Waals surface area contributed by atoms with Crippen molar-refractivity contribution in [3.63, 3.8) is 0 Å². The van der Waals surface area contributed by atoms with Gasteiger partial charge in [-0.05, 0) is 26.8 Å². The predicted octanol–water partition coefficient (Wildman–Crippen LogP) is 3.08. The second-order valence-electron chi connectivity index (χ2n) is 8.39. The van der Waals surface area contributed by atoms with Crippen LogP contribution in [0.15, 0.2) is 31.0 Å². The summed E-state index contributed by atoms with van der Waals surface area (Å²) in [7, 11) is 0. The van der Waals surface area contributed by atoms with Gasteiger partial charge in [0.2, 0.25) is 0 Å². The largest absolute Gasteiger partial charge is 0.443 e. The van der Waals surface area contributed by atoms with Crippen molar-refractivity contribution in [2.24, 2.45) is 5.41 Å². The van der Waals surface area contributed by atoms with Crippen LogP contribution in [0.4, 0.5) is 0 Å². The first kappa shape index (κ1) is 22.4. The number of carbonyl (C=O) groups is 1. The van der Waals surface area contributed by atoms with Crippen LogP contribution >= 0.6 is 0 Å². The molecule has 1 aliphatic heterocycles. The molecule has 4 rings (SSSR count). The Labute approximate surface area is 182 Å². The molecule has 0 aliphatic carbocycles. The number of ether oxygens (including phenoxy) is 1. The first-order valence-corrected chi connectivity index (χ1v) is 10.4. The van der Waals surface area contributed by atoms with Crippen molar-refractivity contribution in [2.45, 2.75) is 53.3 Å². The molecule has 0 bridgehead atoms. The van der Waals surface area contributed by atoms with E-state index < -0.39 is 5.41 Å². The minimum absolute atomic E-state index is 0.0896. The molecule has 1 aliphatic rings. The van der Waals surface area contributed by atoms with Crippen molar-refractivity contribution in [3.05, 3.63) is 31.0 Å². The number of aromatic nitrogens is 5. The molecule has 3 aromatic rings. The molecule has 9 nitrogen and oxygen atoms in total. The first-order chi connectivity index (χ1) is 14.8. The molecule has 3 aromatic heterocycles. The molecule has 9 heteroatoms. The number of hydrogen-bond donors (Lipinski definition) is 1. The number of nitriles is 1. The summed E-state index contributed by atoms with van der Waals surface area (Å²) in [4.78, 5) is 20.9. The molecule has 0 spiro atoms. The van der Waals surface area contributed by atoms with E-state index in [2.05, 4.69) is 26.5 Å². The third-order valence-corrected chi connectivity index (χ3v) is 5.16. The molecule has 0 amide bonds. The van der Waals surface area contributed by atoms with Crippen molar-refractivity contribution in [1.82, 2.24) is 29.6 Å². The summed E-state index contributed by atoms with van der Waals surface area (Å²) < 4.78 is 9.05. The van der Waals surface area contributed by atoms with Crippen LogP contribution < -0.4 is 5.32 Å². The number of rotatable bonds is 5. The molecule has 0 unspecified atom stereocenters. The van der Waals surface area contributed by atoms with Crippen molar-refractivity contribution >= 4 is 17.0 Å². The van der Waals surface area contributed by atoms with E-state index in [0.717, 1.165) is 29.7 Å². The Balaban J connectivity index is 0.00000132. The second-order valence-corrected chi connectivity index (χ2v) is 8.39. The highest BCUT2D eigenvalue weighted by atomic mass is 16.5. The Hall–Kier alpha value is -3.25. The van der Waals surface area contributed by atoms with Crippen LogP contribution in [0.3, 0.4) is 0 Å². The Morgan fingerprint density at radius 2 is 2.06 bits per heavy atom. The number of esters is 1. The molecule has 0 saturated carbocycles. The lowest BCUT2D eigenvalue weighted by Gasteiger charge is -2.41. The third-order valence-electron chi connectivity index (χ3n) is 5.16. The van der Waals surface area contributed by atoms with Gasteiger partial charge in [-0.3, -0.25) is 14.0 Å². The van der Waals surface area contributed by atoms with Gasteiger partial charge >= 0.3 is 5.97 Å². The van der Waals surface area contributed by atoms with Gasteiger partial charge in [0, 0.05) is 36.4 Å². The van der Waals surface area contributed by atoms with Gasteiger partial charge in [0.05, 0.1) is 29.8 Å². The maximum atomic E-state index is 12.1. The van der Waals surface area contributed by atoms with Crippen LogP contribution in [0.1, 0.15) is 41.0 Å². The van der Waals surface area contributed by atoms with Gasteiger partial charge < -0.3 is 10.1 Å². The highest BCUT2D eigenvalue weighted by molar-refractivity contribution is 5.90. The summed E-state index contributed by atoms with van der Waals surface area (Å²) in [6, 6.07) is 4.16. The van der Waals surface area contributed by atoms with Crippen LogP contribution in [0.2, 0.25) is 0 Å². The average molecular weight is 424 g/mol. The summed E-state index contributed by atoms with van der Waals surface area (Å²) in [6.45, 7) is 11.0. The molecule has 31 heavy (non-hydrogen) atoms. The lowest BCUT2D eigenvalue weighted by molar-refractivity contribution is -0.156. The number of nitrogens with one attached hydrogen (secondary N) is 1. The van der Waals surface area contributed by atoms with Crippen LogP contribution in [0.25, 0.3) is 22.3 Å². The summed E-state index contributed by atoms with van der Waals surface area (Å²) in [5, 5.41) is 17.7. The molecule has 1 N–H and O–H groups in total. The van der Waals surface area contributed by atoms with Gasteiger partial charge in [-0.2, -0.15) is 10.4 Å². The fraction of sp³-hybridized carbons (Fsp3) is 0.500. The van der Waals surface area contributed by atoms with E-state index in [1.54, 1.807) is 10.8 Å². The minimum Gasteiger partial charge on any atom is -0.443 e. The topological polar surface area (TPSA) is 111 Å². The van der Waals surface area contributed by atoms with Crippen LogP contribution in [-0.4, -0.2) is 43.4 Å². The van der Waals surface area contributed by atoms with E-state index in [9.17, 15) is 4.79 Å². The van der Waals surface area contributed by atoms with E-state index in [-0.39, 0.29) is 18.2 Å². The summed E-state index contributed by atoms with van der Waals surface area (Å²) in [5.41, 5.74) is 1.42. The van der Waals surface area contributed by atoms with Gasteiger partial charge in [0.25, 0.3) is 0 Å². The Kier molecular flexibility index (Phi) is 6.41. The molecule has 1 saturated heterocycles. The van der Waals surface area contributed by atoms with E-state index in [4.69, 9.17) is 10.00 Å². The SMILES string of the molecule is CC.CC(C)(C)C(=O)OCn1ccc2c(-c3cnn(C4(CC#N)CNC4)c3)ncnc21. The zero-order valence-corrected chi connectivity index (χ0v) is 18.7. The number of carbonyl (C=O) groups excluding carboxylic acids is 1. The number of hydrogen-bond acceptors (Lipinski definition) is 7. The zero-order valence-electron chi connectivity index (χ0n) is 18.7. The summed E-state index contributed by atoms with van der Waals surface area (Å²) in [6.07, 6.45) is 7.41. The monoisotopic (exact) mass is 423 g/mol. The van der Waals surface area contributed by atoms with Crippen LogP contribution in [0.5, 0.6) is 0 Å². The Morgan fingerprint density at radius 3 is 2.68 bits per heavy atom. The second kappa shape index (κ2) is 8.86. The molecule has 164 valence electrons. The molecular weight excluding hydrogens is 394 g/mol. The molecular formula is C22H29N7O2. The molecule has 1 fully saturated rings. The highest BCUT2D eigenvalue weighted by Gasteiger charge is 2.39. The first-order valence-electron chi connectivity index (χ1n) is 10.4. The quantitative estimate of drug-likeness (QED) is 0.628. The standard InChI is InChI=1S/C20H23N7O2.C2H6/c1-19(2,3)18(28)29-13-26-7-4-15-16(23-12-24-17(15)26)14-8-25-27(9-14)20(5-6-21)10-22-11-20;1-2/h4,7-9,12,22H,5,10-11,13H2,1-3H3;1-2H3. The number of nitrogens with zero attached hydrogens (tertiary/aromatic N) is 6. The number of fused-ring (bicyclic) bond motifs is 1. The maximum Gasteiger partial charge on any atom is 0.312 e. The zero-order chi connectivity index (χ0) is 22.6. The molecule has 4 heterocycles. The normalized spacial score (nSPS) is 14.8. The van der Waals surface area contributed by atoms with Crippen LogP contribution in [-0.2, 0) is 21.8 Å². The van der Waals surface area contributed by atoms with Gasteiger partial charge in [0.1, 0.15) is 17.5 Å². The summed E-state index contributed by atoms with van der Waals surface area (Å²) >= 11 is 0. The molecule has 0 aromatic carbocycles. The fourth-order valence-corrected chi connectivity index (χ4v) is 3.32. The van der Waals surface area contributed by atoms with E-state index in [1.165, 1.54) is 6.33 Å². The average Bonchev–Trinajstić information content (AvgIpc) is 3.37.